The van der Waals surface area contributed by atoms with Gasteiger partial charge in [0.25, 0.3) is 0 Å². The molecule has 0 amide bonds. The van der Waals surface area contributed by atoms with Crippen molar-refractivity contribution < 1.29 is 29.2 Å². The Kier molecular flexibility index (Phi) is 4.17. The first-order valence-corrected chi connectivity index (χ1v) is 4.76. The standard InChI is InChI=1S/C11H14O6/c1-15-6-4-7(9(12)11(13)14)10(17-3)8(5-6)16-2/h4-5,9,12H,1-3H3,(H,13,14). The molecule has 2 N–H and O–H groups in total. The summed E-state index contributed by atoms with van der Waals surface area (Å²) in [5.41, 5.74) is 0.0798. The molecular formula is C11H14O6. The molecule has 0 aliphatic rings. The third-order valence-electron chi connectivity index (χ3n) is 2.25. The summed E-state index contributed by atoms with van der Waals surface area (Å²) >= 11 is 0. The quantitative estimate of drug-likeness (QED) is 0.795. The zero-order valence-corrected chi connectivity index (χ0v) is 9.76. The van der Waals surface area contributed by atoms with E-state index >= 15 is 0 Å². The molecule has 0 aliphatic carbocycles. The number of hydrogen-bond acceptors (Lipinski definition) is 5. The third-order valence-corrected chi connectivity index (χ3v) is 2.25. The normalized spacial score (nSPS) is 11.8. The van der Waals surface area contributed by atoms with Crippen LogP contribution >= 0.6 is 0 Å². The number of carboxylic acid groups (broad SMARTS) is 1. The monoisotopic (exact) mass is 242 g/mol. The molecule has 1 aromatic rings. The van der Waals surface area contributed by atoms with Crippen LogP contribution in [0.5, 0.6) is 17.2 Å². The summed E-state index contributed by atoms with van der Waals surface area (Å²) in [4.78, 5) is 10.8. The lowest BCUT2D eigenvalue weighted by atomic mass is 10.1. The fourth-order valence-corrected chi connectivity index (χ4v) is 1.42. The molecular weight excluding hydrogens is 228 g/mol. The Morgan fingerprint density at radius 2 is 1.82 bits per heavy atom. The van der Waals surface area contributed by atoms with Crippen molar-refractivity contribution in [3.63, 3.8) is 0 Å². The predicted octanol–water partition coefficient (Wildman–Crippen LogP) is 0.830. The van der Waals surface area contributed by atoms with Crippen LogP contribution in [-0.4, -0.2) is 37.5 Å². The summed E-state index contributed by atoms with van der Waals surface area (Å²) < 4.78 is 15.1. The Hall–Kier alpha value is -1.95. The predicted molar refractivity (Wildman–Crippen MR) is 58.7 cm³/mol. The van der Waals surface area contributed by atoms with Crippen molar-refractivity contribution in [3.05, 3.63) is 17.7 Å². The smallest absolute Gasteiger partial charge is 0.337 e. The first-order valence-electron chi connectivity index (χ1n) is 4.76. The lowest BCUT2D eigenvalue weighted by molar-refractivity contribution is -0.147. The number of hydrogen-bond donors (Lipinski definition) is 2. The van der Waals surface area contributed by atoms with Gasteiger partial charge in [-0.25, -0.2) is 4.79 Å². The van der Waals surface area contributed by atoms with Crippen LogP contribution in [0, 0.1) is 0 Å². The minimum atomic E-state index is -1.70. The largest absolute Gasteiger partial charge is 0.497 e. The van der Waals surface area contributed by atoms with Gasteiger partial charge in [-0.15, -0.1) is 0 Å². The number of aliphatic hydroxyl groups excluding tert-OH is 1. The van der Waals surface area contributed by atoms with Crippen LogP contribution in [0.1, 0.15) is 11.7 Å². The zero-order valence-electron chi connectivity index (χ0n) is 9.76. The van der Waals surface area contributed by atoms with Crippen molar-refractivity contribution in [2.45, 2.75) is 6.10 Å². The first-order chi connectivity index (χ1) is 8.04. The Bertz CT molecular complexity index is 415. The molecule has 0 aliphatic heterocycles. The van der Waals surface area contributed by atoms with E-state index in [1.165, 1.54) is 33.5 Å². The van der Waals surface area contributed by atoms with E-state index in [1.54, 1.807) is 0 Å². The lowest BCUT2D eigenvalue weighted by Crippen LogP contribution is -2.12. The molecule has 0 fully saturated rings. The van der Waals surface area contributed by atoms with E-state index in [9.17, 15) is 9.90 Å². The van der Waals surface area contributed by atoms with Gasteiger partial charge in [0.15, 0.2) is 17.6 Å². The molecule has 94 valence electrons. The molecule has 6 nitrogen and oxygen atoms in total. The summed E-state index contributed by atoms with van der Waals surface area (Å²) in [5, 5.41) is 18.4. The molecule has 0 aromatic heterocycles. The van der Waals surface area contributed by atoms with Crippen molar-refractivity contribution in [2.75, 3.05) is 21.3 Å². The van der Waals surface area contributed by atoms with Crippen molar-refractivity contribution in [1.82, 2.24) is 0 Å². The van der Waals surface area contributed by atoms with Crippen LogP contribution in [0.4, 0.5) is 0 Å². The van der Waals surface area contributed by atoms with Crippen LogP contribution in [0.15, 0.2) is 12.1 Å². The maximum atomic E-state index is 10.8. The van der Waals surface area contributed by atoms with E-state index in [-0.39, 0.29) is 11.3 Å². The topological polar surface area (TPSA) is 85.2 Å². The van der Waals surface area contributed by atoms with Gasteiger partial charge in [-0.2, -0.15) is 0 Å². The highest BCUT2D eigenvalue weighted by atomic mass is 16.5. The molecule has 1 rings (SSSR count). The second kappa shape index (κ2) is 5.40. The molecule has 17 heavy (non-hydrogen) atoms. The third kappa shape index (κ3) is 2.59. The number of carbonyl (C=O) groups is 1. The number of ether oxygens (including phenoxy) is 3. The van der Waals surface area contributed by atoms with Crippen molar-refractivity contribution >= 4 is 5.97 Å². The highest BCUT2D eigenvalue weighted by molar-refractivity contribution is 5.76. The second-order valence-electron chi connectivity index (χ2n) is 3.19. The molecule has 0 spiro atoms. The van der Waals surface area contributed by atoms with Crippen LogP contribution in [-0.2, 0) is 4.79 Å². The van der Waals surface area contributed by atoms with Gasteiger partial charge in [0.05, 0.1) is 21.3 Å². The average molecular weight is 242 g/mol. The van der Waals surface area contributed by atoms with Crippen molar-refractivity contribution in [3.8, 4) is 17.2 Å². The van der Waals surface area contributed by atoms with Crippen molar-refractivity contribution in [1.29, 1.82) is 0 Å². The molecule has 6 heteroatoms. The van der Waals surface area contributed by atoms with Crippen LogP contribution < -0.4 is 14.2 Å². The lowest BCUT2D eigenvalue weighted by Gasteiger charge is -2.16. The number of aliphatic hydroxyl groups is 1. The Balaban J connectivity index is 3.38. The Labute approximate surface area is 98.3 Å². The van der Waals surface area contributed by atoms with E-state index in [2.05, 4.69) is 0 Å². The minimum absolute atomic E-state index is 0.0798. The number of benzene rings is 1. The molecule has 0 saturated carbocycles. The molecule has 0 saturated heterocycles. The highest BCUT2D eigenvalue weighted by Crippen LogP contribution is 2.38. The summed E-state index contributed by atoms with van der Waals surface area (Å²) in [6.07, 6.45) is -1.70. The molecule has 0 radical (unpaired) electrons. The Morgan fingerprint density at radius 3 is 2.24 bits per heavy atom. The number of rotatable bonds is 5. The van der Waals surface area contributed by atoms with Crippen LogP contribution in [0.25, 0.3) is 0 Å². The van der Waals surface area contributed by atoms with Gasteiger partial charge in [0, 0.05) is 11.6 Å². The Morgan fingerprint density at radius 1 is 1.18 bits per heavy atom. The molecule has 1 aromatic carbocycles. The van der Waals surface area contributed by atoms with Gasteiger partial charge in [-0.1, -0.05) is 0 Å². The van der Waals surface area contributed by atoms with Gasteiger partial charge >= 0.3 is 5.97 Å². The number of carboxylic acids is 1. The van der Waals surface area contributed by atoms with Crippen LogP contribution in [0.3, 0.4) is 0 Å². The molecule has 1 atom stereocenters. The SMILES string of the molecule is COc1cc(OC)c(OC)c(C(O)C(=O)O)c1. The molecule has 0 heterocycles. The van der Waals surface area contributed by atoms with Crippen LogP contribution in [0.2, 0.25) is 0 Å². The van der Waals surface area contributed by atoms with Gasteiger partial charge < -0.3 is 24.4 Å². The zero-order chi connectivity index (χ0) is 13.0. The van der Waals surface area contributed by atoms with E-state index in [4.69, 9.17) is 19.3 Å². The van der Waals surface area contributed by atoms with Crippen molar-refractivity contribution in [2.24, 2.45) is 0 Å². The van der Waals surface area contributed by atoms with E-state index in [1.807, 2.05) is 0 Å². The maximum absolute atomic E-state index is 10.8. The summed E-state index contributed by atoms with van der Waals surface area (Å²) in [7, 11) is 4.20. The van der Waals surface area contributed by atoms with Gasteiger partial charge in [-0.05, 0) is 6.07 Å². The summed E-state index contributed by atoms with van der Waals surface area (Å²) in [6.45, 7) is 0. The molecule has 0 bridgehead atoms. The minimum Gasteiger partial charge on any atom is -0.497 e. The average Bonchev–Trinajstić information content (AvgIpc) is 2.35. The summed E-state index contributed by atoms with van der Waals surface area (Å²) in [6, 6.07) is 2.93. The van der Waals surface area contributed by atoms with E-state index in [0.717, 1.165) is 0 Å². The van der Waals surface area contributed by atoms with E-state index < -0.39 is 12.1 Å². The summed E-state index contributed by atoms with van der Waals surface area (Å²) in [5.74, 6) is -0.540. The highest BCUT2D eigenvalue weighted by Gasteiger charge is 2.24. The fourth-order valence-electron chi connectivity index (χ4n) is 1.42. The molecule has 1 unspecified atom stereocenters. The second-order valence-corrected chi connectivity index (χ2v) is 3.19. The van der Waals surface area contributed by atoms with E-state index in [0.29, 0.717) is 11.5 Å². The maximum Gasteiger partial charge on any atom is 0.337 e. The van der Waals surface area contributed by atoms with Gasteiger partial charge in [0.1, 0.15) is 5.75 Å². The van der Waals surface area contributed by atoms with Gasteiger partial charge in [-0.3, -0.25) is 0 Å². The van der Waals surface area contributed by atoms with Gasteiger partial charge in [0.2, 0.25) is 0 Å². The first kappa shape index (κ1) is 13.1. The number of aliphatic carboxylic acids is 1. The number of methoxy groups -OCH3 is 3. The fraction of sp³-hybridized carbons (Fsp3) is 0.364.